The molecule has 1 aliphatic carbocycles. The van der Waals surface area contributed by atoms with Crippen molar-refractivity contribution in [1.29, 1.82) is 0 Å². The fraction of sp³-hybridized carbons (Fsp3) is 0.382. The number of tetrazole rings is 1. The number of nitrogens with zero attached hydrogens (tertiary/aromatic N) is 4. The second-order valence-electron chi connectivity index (χ2n) is 12.2. The maximum atomic E-state index is 13.7. The van der Waals surface area contributed by atoms with Crippen molar-refractivity contribution < 1.29 is 22.7 Å². The van der Waals surface area contributed by atoms with Gasteiger partial charge in [-0.3, -0.25) is 9.59 Å². The normalized spacial score (nSPS) is 19.4. The summed E-state index contributed by atoms with van der Waals surface area (Å²) >= 11 is 0. The summed E-state index contributed by atoms with van der Waals surface area (Å²) in [5.41, 5.74) is 9.28. The maximum Gasteiger partial charge on any atom is 0.247 e. The number of aromatic amines is 1. The number of hydrogen-bond donors (Lipinski definition) is 4. The number of sulfonamides is 1. The Bertz CT molecular complexity index is 1790. The number of nitrogens with one attached hydrogen (secondary N) is 3. The number of anilines is 1. The van der Waals surface area contributed by atoms with Crippen molar-refractivity contribution in [1.82, 2.24) is 30.2 Å². The van der Waals surface area contributed by atoms with E-state index in [-0.39, 0.29) is 29.0 Å². The minimum absolute atomic E-state index is 0.142. The van der Waals surface area contributed by atoms with Crippen LogP contribution in [0.1, 0.15) is 31.2 Å². The van der Waals surface area contributed by atoms with Crippen molar-refractivity contribution >= 4 is 27.5 Å². The second kappa shape index (κ2) is 15.2. The van der Waals surface area contributed by atoms with Crippen molar-refractivity contribution in [2.75, 3.05) is 38.2 Å². The molecule has 13 nitrogen and oxygen atoms in total. The van der Waals surface area contributed by atoms with E-state index >= 15 is 0 Å². The van der Waals surface area contributed by atoms with Gasteiger partial charge >= 0.3 is 0 Å². The van der Waals surface area contributed by atoms with E-state index in [9.17, 15) is 18.0 Å². The monoisotopic (exact) mass is 672 g/mol. The number of aromatic nitrogens is 4. The number of hydrogen-bond acceptors (Lipinski definition) is 9. The Morgan fingerprint density at radius 1 is 0.938 bits per heavy atom. The van der Waals surface area contributed by atoms with Crippen LogP contribution in [0.4, 0.5) is 5.69 Å². The van der Waals surface area contributed by atoms with Crippen LogP contribution in [0, 0.1) is 11.8 Å². The molecule has 2 heterocycles. The Morgan fingerprint density at radius 3 is 2.29 bits per heavy atom. The molecule has 1 saturated heterocycles. The first-order valence-electron chi connectivity index (χ1n) is 16.2. The lowest BCUT2D eigenvalue weighted by Crippen LogP contribution is -2.48. The van der Waals surface area contributed by atoms with E-state index in [4.69, 9.17) is 10.5 Å². The summed E-state index contributed by atoms with van der Waals surface area (Å²) in [7, 11) is -3.72. The average Bonchev–Trinajstić information content (AvgIpc) is 3.68. The zero-order valence-corrected chi connectivity index (χ0v) is 27.4. The molecule has 2 aliphatic rings. The number of carbonyl (C=O) groups excluding carboxylic acids is 2. The van der Waals surface area contributed by atoms with E-state index in [2.05, 4.69) is 31.3 Å². The van der Waals surface area contributed by atoms with Gasteiger partial charge in [0.2, 0.25) is 27.7 Å². The Morgan fingerprint density at radius 2 is 1.62 bits per heavy atom. The van der Waals surface area contributed by atoms with Gasteiger partial charge in [0, 0.05) is 42.2 Å². The Labute approximate surface area is 279 Å². The van der Waals surface area contributed by atoms with Gasteiger partial charge < -0.3 is 21.1 Å². The smallest absolute Gasteiger partial charge is 0.247 e. The largest absolute Gasteiger partial charge is 0.379 e. The van der Waals surface area contributed by atoms with Crippen LogP contribution < -0.4 is 16.4 Å². The predicted octanol–water partition coefficient (Wildman–Crippen LogP) is 2.99. The molecule has 14 heteroatoms. The van der Waals surface area contributed by atoms with Gasteiger partial charge in [-0.1, -0.05) is 42.5 Å². The third-order valence-corrected chi connectivity index (χ3v) is 11.1. The van der Waals surface area contributed by atoms with Gasteiger partial charge in [-0.05, 0) is 84.8 Å². The minimum atomic E-state index is -3.72. The van der Waals surface area contributed by atoms with Gasteiger partial charge in [0.25, 0.3) is 0 Å². The van der Waals surface area contributed by atoms with Crippen molar-refractivity contribution in [3.8, 4) is 22.5 Å². The Hall–Kier alpha value is -4.50. The van der Waals surface area contributed by atoms with Gasteiger partial charge in [0.15, 0.2) is 0 Å². The number of rotatable bonds is 11. The number of benzene rings is 3. The molecule has 1 aromatic heterocycles. The van der Waals surface area contributed by atoms with Gasteiger partial charge in [0.1, 0.15) is 6.04 Å². The van der Waals surface area contributed by atoms with Crippen molar-refractivity contribution in [2.24, 2.45) is 17.6 Å². The zero-order chi connectivity index (χ0) is 33.5. The molecule has 6 rings (SSSR count). The summed E-state index contributed by atoms with van der Waals surface area (Å²) in [6, 6.07) is 20.6. The molecule has 0 bridgehead atoms. The Balaban J connectivity index is 1.20. The first-order valence-corrected chi connectivity index (χ1v) is 17.7. The molecule has 4 aromatic rings. The minimum Gasteiger partial charge on any atom is -0.379 e. The average molecular weight is 673 g/mol. The molecule has 1 atom stereocenters. The van der Waals surface area contributed by atoms with Gasteiger partial charge in [-0.25, -0.2) is 8.42 Å². The highest BCUT2D eigenvalue weighted by molar-refractivity contribution is 7.89. The van der Waals surface area contributed by atoms with Crippen molar-refractivity contribution in [3.63, 3.8) is 0 Å². The van der Waals surface area contributed by atoms with E-state index in [1.54, 1.807) is 42.5 Å². The second-order valence-corrected chi connectivity index (χ2v) is 14.1. The summed E-state index contributed by atoms with van der Waals surface area (Å²) in [4.78, 5) is 27.3. The van der Waals surface area contributed by atoms with Gasteiger partial charge in [-0.2, -0.15) is 9.52 Å². The lowest BCUT2D eigenvalue weighted by atomic mass is 9.81. The summed E-state index contributed by atoms with van der Waals surface area (Å²) in [5.74, 6) is 0.196. The lowest BCUT2D eigenvalue weighted by Gasteiger charge is -2.28. The standard InChI is InChI=1S/C34H40N8O5S/c35-22-24-7-11-27(12-8-24)33(43)37-30(34(44)36-28-15-13-26(14-16-28)32-38-40-41-39-32)21-23-5-9-25(10-6-23)29-3-1-2-4-31(29)48(45,46)42-17-19-47-20-18-42/h1-6,9-10,13-16,24,27,30H,7-8,11-12,17-22,35H2,(H,36,44)(H,37,43)(H,38,39,40,41). The van der Waals surface area contributed by atoms with Crippen LogP contribution in [0.3, 0.4) is 0 Å². The fourth-order valence-corrected chi connectivity index (χ4v) is 7.91. The molecule has 5 N–H and O–H groups in total. The molecule has 2 fully saturated rings. The SMILES string of the molecule is NCC1CCC(C(=O)NC(Cc2ccc(-c3ccccc3S(=O)(=O)N3CCOCC3)cc2)C(=O)Nc2ccc(-c3nn[nH]n3)cc2)CC1. The third-order valence-electron chi connectivity index (χ3n) is 9.12. The number of amides is 2. The summed E-state index contributed by atoms with van der Waals surface area (Å²) in [5, 5.41) is 19.9. The first kappa shape index (κ1) is 33.4. The van der Waals surface area contributed by atoms with E-state index < -0.39 is 16.1 Å². The van der Waals surface area contributed by atoms with Gasteiger partial charge in [-0.15, -0.1) is 10.2 Å². The molecule has 1 aliphatic heterocycles. The maximum absolute atomic E-state index is 13.7. The molecule has 0 radical (unpaired) electrons. The molecule has 1 saturated carbocycles. The van der Waals surface area contributed by atoms with Crippen LogP contribution in [0.25, 0.3) is 22.5 Å². The van der Waals surface area contributed by atoms with Crippen LogP contribution in [0.5, 0.6) is 0 Å². The fourth-order valence-electron chi connectivity index (χ4n) is 6.29. The van der Waals surface area contributed by atoms with Crippen LogP contribution in [0.15, 0.2) is 77.7 Å². The molecular weight excluding hydrogens is 632 g/mol. The number of H-pyrrole nitrogens is 1. The highest BCUT2D eigenvalue weighted by Gasteiger charge is 2.31. The van der Waals surface area contributed by atoms with Crippen LogP contribution >= 0.6 is 0 Å². The van der Waals surface area contributed by atoms with Crippen LogP contribution in [-0.4, -0.2) is 84.1 Å². The molecule has 2 amide bonds. The molecule has 252 valence electrons. The number of ether oxygens (including phenoxy) is 1. The summed E-state index contributed by atoms with van der Waals surface area (Å²) in [6.07, 6.45) is 3.50. The van der Waals surface area contributed by atoms with Crippen molar-refractivity contribution in [3.05, 3.63) is 78.4 Å². The lowest BCUT2D eigenvalue weighted by molar-refractivity contribution is -0.130. The third kappa shape index (κ3) is 7.79. The molecule has 3 aromatic carbocycles. The van der Waals surface area contributed by atoms with E-state index in [0.29, 0.717) is 55.8 Å². The molecular formula is C34H40N8O5S. The zero-order valence-electron chi connectivity index (χ0n) is 26.5. The number of morpholine rings is 1. The van der Waals surface area contributed by atoms with E-state index in [1.165, 1.54) is 4.31 Å². The summed E-state index contributed by atoms with van der Waals surface area (Å²) in [6.45, 7) is 1.96. The topological polar surface area (TPSA) is 185 Å². The van der Waals surface area contributed by atoms with E-state index in [0.717, 1.165) is 42.4 Å². The predicted molar refractivity (Wildman–Crippen MR) is 180 cm³/mol. The quantitative estimate of drug-likeness (QED) is 0.186. The van der Waals surface area contributed by atoms with Gasteiger partial charge in [0.05, 0.1) is 18.1 Å². The Kier molecular flexibility index (Phi) is 10.5. The highest BCUT2D eigenvalue weighted by Crippen LogP contribution is 2.31. The molecule has 1 unspecified atom stereocenters. The highest BCUT2D eigenvalue weighted by atomic mass is 32.2. The number of nitrogens with two attached hydrogens (primary N) is 1. The van der Waals surface area contributed by atoms with E-state index in [1.807, 2.05) is 30.3 Å². The van der Waals surface area contributed by atoms with Crippen LogP contribution in [0.2, 0.25) is 0 Å². The van der Waals surface area contributed by atoms with Crippen LogP contribution in [-0.2, 0) is 30.8 Å². The first-order chi connectivity index (χ1) is 23.3. The summed E-state index contributed by atoms with van der Waals surface area (Å²) < 4.78 is 33.9. The molecule has 48 heavy (non-hydrogen) atoms. The van der Waals surface area contributed by atoms with Crippen molar-refractivity contribution in [2.45, 2.75) is 43.0 Å². The number of carbonyl (C=O) groups is 2. The molecule has 0 spiro atoms.